The highest BCUT2D eigenvalue weighted by molar-refractivity contribution is 7.80. The summed E-state index contributed by atoms with van der Waals surface area (Å²) in [5, 5.41) is 3.85. The minimum absolute atomic E-state index is 0.0526. The maximum absolute atomic E-state index is 12.7. The monoisotopic (exact) mass is 323 g/mol. The fourth-order valence-corrected chi connectivity index (χ4v) is 1.86. The Balaban J connectivity index is 2.20. The summed E-state index contributed by atoms with van der Waals surface area (Å²) in [7, 11) is 0. The molecule has 2 rings (SSSR count). The number of thiocarbonyl (C=S) groups is 1. The van der Waals surface area contributed by atoms with Gasteiger partial charge in [0.05, 0.1) is 11.8 Å². The van der Waals surface area contributed by atoms with Crippen LogP contribution < -0.4 is 11.2 Å². The third kappa shape index (κ3) is 4.29. The number of benzene rings is 2. The first kappa shape index (κ1) is 16.0. The molecule has 0 aliphatic carbocycles. The lowest BCUT2D eigenvalue weighted by molar-refractivity contribution is -0.137. The second-order valence-electron chi connectivity index (χ2n) is 4.43. The average Bonchev–Trinajstić information content (AvgIpc) is 2.47. The highest BCUT2D eigenvalue weighted by Crippen LogP contribution is 2.32. The lowest BCUT2D eigenvalue weighted by Gasteiger charge is -2.09. The molecule has 22 heavy (non-hydrogen) atoms. The van der Waals surface area contributed by atoms with E-state index >= 15 is 0 Å². The van der Waals surface area contributed by atoms with E-state index in [1.54, 1.807) is 30.3 Å². The summed E-state index contributed by atoms with van der Waals surface area (Å²) >= 11 is 4.60. The van der Waals surface area contributed by atoms with Crippen molar-refractivity contribution in [3.05, 3.63) is 59.7 Å². The van der Waals surface area contributed by atoms with E-state index < -0.39 is 11.7 Å². The van der Waals surface area contributed by atoms with Crippen molar-refractivity contribution in [3.63, 3.8) is 0 Å². The number of nitrogens with one attached hydrogen (secondary N) is 1. The van der Waals surface area contributed by atoms with Crippen LogP contribution in [0.5, 0.6) is 0 Å². The minimum Gasteiger partial charge on any atom is -0.375 e. The Morgan fingerprint density at radius 3 is 2.36 bits per heavy atom. The molecule has 0 saturated heterocycles. The van der Waals surface area contributed by atoms with E-state index in [0.717, 1.165) is 17.7 Å². The number of hydrogen-bond donors (Lipinski definition) is 2. The van der Waals surface area contributed by atoms with Crippen LogP contribution in [0.4, 0.5) is 13.2 Å². The molecule has 2 aromatic carbocycles. The first-order chi connectivity index (χ1) is 10.4. The molecule has 0 saturated carbocycles. The normalized spacial score (nSPS) is 11.6. The third-order valence-electron chi connectivity index (χ3n) is 2.82. The highest BCUT2D eigenvalue weighted by Gasteiger charge is 2.30. The SMILES string of the molecule is NC(=S)NN=Cc1ccc(-c2cccc(C(F)(F)F)c2)cc1. The number of rotatable bonds is 3. The van der Waals surface area contributed by atoms with Crippen LogP contribution in [0.2, 0.25) is 0 Å². The van der Waals surface area contributed by atoms with Gasteiger partial charge in [-0.1, -0.05) is 36.4 Å². The summed E-state index contributed by atoms with van der Waals surface area (Å²) in [5.74, 6) is 0. The summed E-state index contributed by atoms with van der Waals surface area (Å²) in [6.45, 7) is 0. The Morgan fingerprint density at radius 1 is 1.09 bits per heavy atom. The zero-order chi connectivity index (χ0) is 16.2. The molecule has 3 N–H and O–H groups in total. The van der Waals surface area contributed by atoms with Crippen molar-refractivity contribution in [1.82, 2.24) is 5.43 Å². The number of halogens is 3. The van der Waals surface area contributed by atoms with Crippen molar-refractivity contribution in [2.24, 2.45) is 10.8 Å². The van der Waals surface area contributed by atoms with Gasteiger partial charge in [0.1, 0.15) is 0 Å². The van der Waals surface area contributed by atoms with Gasteiger partial charge in [0.2, 0.25) is 0 Å². The zero-order valence-corrected chi connectivity index (χ0v) is 12.1. The molecule has 0 aromatic heterocycles. The van der Waals surface area contributed by atoms with E-state index in [1.165, 1.54) is 12.3 Å². The third-order valence-corrected chi connectivity index (χ3v) is 2.91. The molecule has 0 radical (unpaired) electrons. The van der Waals surface area contributed by atoms with E-state index in [2.05, 4.69) is 22.7 Å². The van der Waals surface area contributed by atoms with E-state index in [0.29, 0.717) is 11.1 Å². The van der Waals surface area contributed by atoms with Crippen LogP contribution in [-0.4, -0.2) is 11.3 Å². The van der Waals surface area contributed by atoms with Gasteiger partial charge in [-0.2, -0.15) is 18.3 Å². The molecule has 7 heteroatoms. The Hall–Kier alpha value is -2.41. The van der Waals surface area contributed by atoms with E-state index in [-0.39, 0.29) is 5.11 Å². The van der Waals surface area contributed by atoms with Gasteiger partial charge >= 0.3 is 6.18 Å². The second-order valence-corrected chi connectivity index (χ2v) is 4.87. The van der Waals surface area contributed by atoms with Crippen molar-refractivity contribution in [1.29, 1.82) is 0 Å². The van der Waals surface area contributed by atoms with Crippen molar-refractivity contribution in [3.8, 4) is 11.1 Å². The molecule has 3 nitrogen and oxygen atoms in total. The number of nitrogens with two attached hydrogens (primary N) is 1. The lowest BCUT2D eigenvalue weighted by atomic mass is 10.0. The molecule has 0 aliphatic rings. The molecule has 0 bridgehead atoms. The van der Waals surface area contributed by atoms with E-state index in [4.69, 9.17) is 5.73 Å². The molecule has 0 unspecified atom stereocenters. The first-order valence-corrected chi connectivity index (χ1v) is 6.63. The van der Waals surface area contributed by atoms with E-state index in [1.807, 2.05) is 0 Å². The summed E-state index contributed by atoms with van der Waals surface area (Å²) < 4.78 is 38.1. The Kier molecular flexibility index (Phi) is 4.77. The number of hydrogen-bond acceptors (Lipinski definition) is 2. The van der Waals surface area contributed by atoms with Gasteiger partial charge in [-0.05, 0) is 41.0 Å². The Labute approximate surface area is 130 Å². The van der Waals surface area contributed by atoms with Gasteiger partial charge in [-0.3, -0.25) is 5.43 Å². The quantitative estimate of drug-likeness (QED) is 0.516. The van der Waals surface area contributed by atoms with Gasteiger partial charge in [-0.15, -0.1) is 0 Å². The summed E-state index contributed by atoms with van der Waals surface area (Å²) in [4.78, 5) is 0. The molecule has 0 atom stereocenters. The minimum atomic E-state index is -4.35. The molecular weight excluding hydrogens is 311 g/mol. The maximum Gasteiger partial charge on any atom is 0.416 e. The topological polar surface area (TPSA) is 50.4 Å². The first-order valence-electron chi connectivity index (χ1n) is 6.22. The number of hydrazone groups is 1. The lowest BCUT2D eigenvalue weighted by Crippen LogP contribution is -2.23. The van der Waals surface area contributed by atoms with Crippen molar-refractivity contribution < 1.29 is 13.2 Å². The van der Waals surface area contributed by atoms with Crippen LogP contribution in [0.15, 0.2) is 53.6 Å². The predicted molar refractivity (Wildman–Crippen MR) is 84.4 cm³/mol. The highest BCUT2D eigenvalue weighted by atomic mass is 32.1. The van der Waals surface area contributed by atoms with Crippen molar-refractivity contribution in [2.75, 3.05) is 0 Å². The molecule has 0 heterocycles. The summed E-state index contributed by atoms with van der Waals surface area (Å²) in [5.41, 5.74) is 8.92. The maximum atomic E-state index is 12.7. The molecular formula is C15H12F3N3S. The van der Waals surface area contributed by atoms with Crippen LogP contribution in [-0.2, 0) is 6.18 Å². The molecule has 0 aliphatic heterocycles. The predicted octanol–water partition coefficient (Wildman–Crippen LogP) is 3.54. The second kappa shape index (κ2) is 6.57. The molecule has 0 amide bonds. The van der Waals surface area contributed by atoms with Crippen LogP contribution >= 0.6 is 12.2 Å². The van der Waals surface area contributed by atoms with Crippen LogP contribution in [0.25, 0.3) is 11.1 Å². The molecule has 0 spiro atoms. The largest absolute Gasteiger partial charge is 0.416 e. The van der Waals surface area contributed by atoms with Crippen LogP contribution in [0.3, 0.4) is 0 Å². The smallest absolute Gasteiger partial charge is 0.375 e. The van der Waals surface area contributed by atoms with Gasteiger partial charge in [0.25, 0.3) is 0 Å². The van der Waals surface area contributed by atoms with Gasteiger partial charge in [-0.25, -0.2) is 0 Å². The molecule has 114 valence electrons. The fourth-order valence-electron chi connectivity index (χ4n) is 1.81. The standard InChI is InChI=1S/C15H12F3N3S/c16-15(17,18)13-3-1-2-12(8-13)11-6-4-10(5-7-11)9-20-21-14(19)22/h1-9H,(H3,19,21,22). The van der Waals surface area contributed by atoms with Crippen molar-refractivity contribution in [2.45, 2.75) is 6.18 Å². The number of alkyl halides is 3. The van der Waals surface area contributed by atoms with Crippen LogP contribution in [0, 0.1) is 0 Å². The number of nitrogens with zero attached hydrogens (tertiary/aromatic N) is 1. The van der Waals surface area contributed by atoms with Crippen molar-refractivity contribution >= 4 is 23.5 Å². The van der Waals surface area contributed by atoms with Gasteiger partial charge in [0, 0.05) is 0 Å². The Morgan fingerprint density at radius 2 is 1.77 bits per heavy atom. The van der Waals surface area contributed by atoms with Gasteiger partial charge in [0.15, 0.2) is 5.11 Å². The van der Waals surface area contributed by atoms with Crippen LogP contribution in [0.1, 0.15) is 11.1 Å². The Bertz CT molecular complexity index is 694. The molecule has 0 fully saturated rings. The molecule has 2 aromatic rings. The average molecular weight is 323 g/mol. The van der Waals surface area contributed by atoms with E-state index in [9.17, 15) is 13.2 Å². The summed E-state index contributed by atoms with van der Waals surface area (Å²) in [6.07, 6.45) is -2.84. The fraction of sp³-hybridized carbons (Fsp3) is 0.0667. The zero-order valence-electron chi connectivity index (χ0n) is 11.3. The van der Waals surface area contributed by atoms with Gasteiger partial charge < -0.3 is 5.73 Å². The summed E-state index contributed by atoms with van der Waals surface area (Å²) in [6, 6.07) is 12.1.